The first kappa shape index (κ1) is 35.0. The van der Waals surface area contributed by atoms with Crippen LogP contribution in [0.3, 0.4) is 0 Å². The number of rotatable bonds is 14. The number of Topliss-reactive ketones (excluding diaryl/α,β-unsaturated/α-hetero) is 1. The van der Waals surface area contributed by atoms with Crippen LogP contribution in [0.15, 0.2) is 76.4 Å². The largest absolute Gasteiger partial charge is 0.389 e. The number of aliphatic hydroxyl groups is 1. The summed E-state index contributed by atoms with van der Waals surface area (Å²) in [6, 6.07) is 16.6. The number of methoxy groups -OCH3 is 1. The number of fused-ring (bicyclic) bond motifs is 1. The Balaban J connectivity index is 1.70. The number of pyridine rings is 1. The maximum atomic E-state index is 14.9. The van der Waals surface area contributed by atoms with E-state index in [2.05, 4.69) is 4.98 Å². The SMILES string of the molecule is COCC(=O)Cc1ccc(-c2sc3c(c2CN(C)CCc2ccccn2)c(=O)n(CC(C)(C)O)c(=O)n3Cc2c(F)cccc2F)cc1. The number of halogens is 2. The number of likely N-dealkylation sites (N-methyl/N-ethyl adjacent to an activating group) is 1. The number of hydrogen-bond acceptors (Lipinski definition) is 8. The second-order valence-electron chi connectivity index (χ2n) is 12.5. The molecule has 0 aliphatic heterocycles. The van der Waals surface area contributed by atoms with Gasteiger partial charge in [-0.3, -0.25) is 23.7 Å². The molecule has 0 fully saturated rings. The highest BCUT2D eigenvalue weighted by Crippen LogP contribution is 2.38. The maximum Gasteiger partial charge on any atom is 0.332 e. The minimum atomic E-state index is -1.44. The number of carbonyl (C=O) groups is 1. The Labute approximate surface area is 280 Å². The molecule has 0 saturated heterocycles. The third kappa shape index (κ3) is 8.01. The zero-order chi connectivity index (χ0) is 34.6. The van der Waals surface area contributed by atoms with Crippen molar-refractivity contribution in [1.29, 1.82) is 0 Å². The van der Waals surface area contributed by atoms with Crippen molar-refractivity contribution in [1.82, 2.24) is 19.0 Å². The van der Waals surface area contributed by atoms with E-state index in [-0.39, 0.29) is 41.1 Å². The van der Waals surface area contributed by atoms with Gasteiger partial charge in [0.1, 0.15) is 23.1 Å². The fourth-order valence-electron chi connectivity index (χ4n) is 5.62. The van der Waals surface area contributed by atoms with Crippen LogP contribution >= 0.6 is 11.3 Å². The van der Waals surface area contributed by atoms with E-state index in [9.17, 15) is 28.3 Å². The molecule has 0 atom stereocenters. The molecule has 1 N–H and O–H groups in total. The molecule has 0 aliphatic carbocycles. The normalized spacial score (nSPS) is 11.9. The second-order valence-corrected chi connectivity index (χ2v) is 13.5. The van der Waals surface area contributed by atoms with E-state index in [1.807, 2.05) is 54.4 Å². The summed E-state index contributed by atoms with van der Waals surface area (Å²) in [6.07, 6.45) is 2.58. The van der Waals surface area contributed by atoms with Crippen molar-refractivity contribution in [2.45, 2.75) is 51.9 Å². The number of hydrogen-bond donors (Lipinski definition) is 1. The van der Waals surface area contributed by atoms with Gasteiger partial charge >= 0.3 is 5.69 Å². The standard InChI is InChI=1S/C36H38F2N4O5S/c1-36(2,46)22-42-33(44)31-28(19-40(3)17-15-25-8-5-6-16-39-25)32(24-13-11-23(12-14-24)18-26(43)21-47-4)48-34(31)41(35(42)45)20-27-29(37)9-7-10-30(27)38/h5-14,16,46H,15,17-22H2,1-4H3. The lowest BCUT2D eigenvalue weighted by Gasteiger charge is -2.21. The molecule has 48 heavy (non-hydrogen) atoms. The Kier molecular flexibility index (Phi) is 10.8. The highest BCUT2D eigenvalue weighted by molar-refractivity contribution is 7.22. The highest BCUT2D eigenvalue weighted by atomic mass is 32.1. The highest BCUT2D eigenvalue weighted by Gasteiger charge is 2.27. The molecule has 5 aromatic rings. The van der Waals surface area contributed by atoms with Crippen LogP contribution in [0.1, 0.15) is 36.2 Å². The van der Waals surface area contributed by atoms with Gasteiger partial charge in [0.15, 0.2) is 5.78 Å². The van der Waals surface area contributed by atoms with Crippen LogP contribution < -0.4 is 11.2 Å². The average Bonchev–Trinajstić information content (AvgIpc) is 3.41. The van der Waals surface area contributed by atoms with Gasteiger partial charge in [0, 0.05) is 55.4 Å². The van der Waals surface area contributed by atoms with Crippen molar-refractivity contribution in [2.24, 2.45) is 0 Å². The number of ketones is 1. The molecule has 0 saturated carbocycles. The van der Waals surface area contributed by atoms with Crippen molar-refractivity contribution < 1.29 is 23.4 Å². The minimum absolute atomic E-state index is 0.00407. The first-order valence-corrected chi connectivity index (χ1v) is 16.3. The Morgan fingerprint density at radius 3 is 2.33 bits per heavy atom. The molecule has 3 aromatic heterocycles. The summed E-state index contributed by atoms with van der Waals surface area (Å²) < 4.78 is 37.0. The number of ether oxygens (including phenoxy) is 1. The summed E-state index contributed by atoms with van der Waals surface area (Å²) >= 11 is 1.19. The summed E-state index contributed by atoms with van der Waals surface area (Å²) in [4.78, 5) is 47.8. The number of benzene rings is 2. The van der Waals surface area contributed by atoms with Crippen molar-refractivity contribution in [3.63, 3.8) is 0 Å². The number of carbonyl (C=O) groups excluding carboxylic acids is 1. The van der Waals surface area contributed by atoms with Gasteiger partial charge in [0.05, 0.1) is 24.1 Å². The van der Waals surface area contributed by atoms with Crippen LogP contribution in [0.4, 0.5) is 8.78 Å². The van der Waals surface area contributed by atoms with Crippen LogP contribution in [0.25, 0.3) is 20.7 Å². The van der Waals surface area contributed by atoms with E-state index >= 15 is 0 Å². The molecule has 0 radical (unpaired) electrons. The molecule has 0 unspecified atom stereocenters. The van der Waals surface area contributed by atoms with Gasteiger partial charge in [-0.25, -0.2) is 13.6 Å². The molecule has 12 heteroatoms. The Morgan fingerprint density at radius 1 is 1.00 bits per heavy atom. The van der Waals surface area contributed by atoms with E-state index in [1.165, 1.54) is 42.9 Å². The molecule has 0 amide bonds. The van der Waals surface area contributed by atoms with E-state index in [1.54, 1.807) is 6.20 Å². The zero-order valence-electron chi connectivity index (χ0n) is 27.3. The Hall–Kier alpha value is -4.36. The van der Waals surface area contributed by atoms with Gasteiger partial charge in [-0.05, 0) is 61.9 Å². The topological polar surface area (TPSA) is 107 Å². The van der Waals surface area contributed by atoms with Gasteiger partial charge in [-0.1, -0.05) is 36.4 Å². The van der Waals surface area contributed by atoms with E-state index in [4.69, 9.17) is 4.74 Å². The van der Waals surface area contributed by atoms with Crippen molar-refractivity contribution in [3.8, 4) is 10.4 Å². The number of nitrogens with zero attached hydrogens (tertiary/aromatic N) is 4. The summed E-state index contributed by atoms with van der Waals surface area (Å²) in [5.74, 6) is -1.71. The van der Waals surface area contributed by atoms with E-state index in [0.29, 0.717) is 30.0 Å². The van der Waals surface area contributed by atoms with Gasteiger partial charge < -0.3 is 14.7 Å². The lowest BCUT2D eigenvalue weighted by atomic mass is 10.0. The average molecular weight is 677 g/mol. The Morgan fingerprint density at radius 2 is 1.71 bits per heavy atom. The first-order chi connectivity index (χ1) is 22.9. The maximum absolute atomic E-state index is 14.9. The fraction of sp³-hybridized carbons (Fsp3) is 0.333. The number of thiophene rings is 1. The molecular weight excluding hydrogens is 638 g/mol. The van der Waals surface area contributed by atoms with Crippen molar-refractivity contribution >= 4 is 27.3 Å². The van der Waals surface area contributed by atoms with Crippen LogP contribution in [-0.2, 0) is 42.0 Å². The van der Waals surface area contributed by atoms with Crippen LogP contribution in [0, 0.1) is 11.6 Å². The fourth-order valence-corrected chi connectivity index (χ4v) is 6.92. The third-order valence-corrected chi connectivity index (χ3v) is 9.21. The summed E-state index contributed by atoms with van der Waals surface area (Å²) in [5.41, 5.74) is -0.0556. The van der Waals surface area contributed by atoms with Crippen LogP contribution in [0.5, 0.6) is 0 Å². The lowest BCUT2D eigenvalue weighted by Crippen LogP contribution is -2.45. The molecule has 0 bridgehead atoms. The van der Waals surface area contributed by atoms with Gasteiger partial charge in [0.25, 0.3) is 5.56 Å². The Bertz CT molecular complexity index is 2010. The molecule has 0 spiro atoms. The molecule has 5 rings (SSSR count). The molecule has 0 aliphatic rings. The predicted molar refractivity (Wildman–Crippen MR) is 182 cm³/mol. The molecular formula is C36H38F2N4O5S. The lowest BCUT2D eigenvalue weighted by molar-refractivity contribution is -0.121. The van der Waals surface area contributed by atoms with Gasteiger partial charge in [-0.15, -0.1) is 11.3 Å². The molecule has 252 valence electrons. The molecule has 2 aromatic carbocycles. The minimum Gasteiger partial charge on any atom is -0.389 e. The summed E-state index contributed by atoms with van der Waals surface area (Å²) in [7, 11) is 3.38. The van der Waals surface area contributed by atoms with E-state index < -0.39 is 35.0 Å². The summed E-state index contributed by atoms with van der Waals surface area (Å²) in [6.45, 7) is 3.08. The predicted octanol–water partition coefficient (Wildman–Crippen LogP) is 4.82. The van der Waals surface area contributed by atoms with Crippen LogP contribution in [-0.4, -0.2) is 62.8 Å². The quantitative estimate of drug-likeness (QED) is 0.180. The summed E-state index contributed by atoms with van der Waals surface area (Å²) in [5, 5.41) is 10.9. The first-order valence-electron chi connectivity index (χ1n) is 15.5. The van der Waals surface area contributed by atoms with Crippen LogP contribution in [0.2, 0.25) is 0 Å². The van der Waals surface area contributed by atoms with Gasteiger partial charge in [0.2, 0.25) is 0 Å². The van der Waals surface area contributed by atoms with Crippen molar-refractivity contribution in [2.75, 3.05) is 27.3 Å². The van der Waals surface area contributed by atoms with E-state index in [0.717, 1.165) is 33.5 Å². The molecule has 9 nitrogen and oxygen atoms in total. The molecule has 3 heterocycles. The van der Waals surface area contributed by atoms with Crippen molar-refractivity contribution in [3.05, 3.63) is 122 Å². The third-order valence-electron chi connectivity index (χ3n) is 7.90. The zero-order valence-corrected chi connectivity index (χ0v) is 28.2. The van der Waals surface area contributed by atoms with Gasteiger partial charge in [-0.2, -0.15) is 0 Å². The monoisotopic (exact) mass is 676 g/mol. The number of aromatic nitrogens is 3. The smallest absolute Gasteiger partial charge is 0.332 e. The second kappa shape index (κ2) is 14.8.